The smallest absolute Gasteiger partial charge is 0.170 e. The lowest BCUT2D eigenvalue weighted by molar-refractivity contribution is 0.263. The highest BCUT2D eigenvalue weighted by molar-refractivity contribution is 9.10. The Morgan fingerprint density at radius 2 is 2.36 bits per heavy atom. The van der Waals surface area contributed by atoms with Gasteiger partial charge in [-0.1, -0.05) is 6.07 Å². The Hall–Kier alpha value is -0.980. The molecule has 2 heterocycles. The largest absolute Gasteiger partial charge is 0.394 e. The van der Waals surface area contributed by atoms with Gasteiger partial charge < -0.3 is 10.8 Å². The van der Waals surface area contributed by atoms with Crippen LogP contribution in [0.2, 0.25) is 0 Å². The van der Waals surface area contributed by atoms with E-state index in [9.17, 15) is 0 Å². The first-order chi connectivity index (χ1) is 6.72. The number of hydrogen-bond donors (Lipinski definition) is 2. The predicted octanol–water partition coefficient (Wildman–Crippen LogP) is 0.484. The summed E-state index contributed by atoms with van der Waals surface area (Å²) in [4.78, 5) is 4.18. The van der Waals surface area contributed by atoms with Gasteiger partial charge in [-0.25, -0.2) is 9.50 Å². The van der Waals surface area contributed by atoms with Crippen molar-refractivity contribution >= 4 is 21.6 Å². The van der Waals surface area contributed by atoms with E-state index < -0.39 is 6.04 Å². The molecule has 2 rings (SSSR count). The van der Waals surface area contributed by atoms with E-state index in [2.05, 4.69) is 26.0 Å². The predicted molar refractivity (Wildman–Crippen MR) is 54.7 cm³/mol. The van der Waals surface area contributed by atoms with E-state index in [0.717, 1.165) is 4.60 Å². The maximum atomic E-state index is 8.86. The van der Waals surface area contributed by atoms with Crippen molar-refractivity contribution in [1.29, 1.82) is 0 Å². The molecule has 0 aliphatic heterocycles. The highest BCUT2D eigenvalue weighted by atomic mass is 79.9. The number of nitrogens with two attached hydrogens (primary N) is 1. The SMILES string of the molecule is NC(CO)c1nc2cccc(Br)n2n1. The molecule has 14 heavy (non-hydrogen) atoms. The molecule has 0 aliphatic carbocycles. The molecule has 2 aromatic rings. The van der Waals surface area contributed by atoms with Crippen LogP contribution in [0, 0.1) is 0 Å². The van der Waals surface area contributed by atoms with Gasteiger partial charge in [0, 0.05) is 0 Å². The van der Waals surface area contributed by atoms with Crippen molar-refractivity contribution in [2.75, 3.05) is 6.61 Å². The first-order valence-corrected chi connectivity index (χ1v) is 4.89. The second kappa shape index (κ2) is 3.64. The van der Waals surface area contributed by atoms with Crippen molar-refractivity contribution in [3.63, 3.8) is 0 Å². The number of pyridine rings is 1. The van der Waals surface area contributed by atoms with Gasteiger partial charge in [-0.3, -0.25) is 0 Å². The Balaban J connectivity index is 2.56. The molecule has 0 saturated heterocycles. The highest BCUT2D eigenvalue weighted by Crippen LogP contribution is 2.13. The van der Waals surface area contributed by atoms with E-state index in [1.165, 1.54) is 0 Å². The molecule has 0 bridgehead atoms. The Morgan fingerprint density at radius 1 is 1.57 bits per heavy atom. The van der Waals surface area contributed by atoms with E-state index in [4.69, 9.17) is 10.8 Å². The molecule has 0 radical (unpaired) electrons. The fraction of sp³-hybridized carbons (Fsp3) is 0.250. The van der Waals surface area contributed by atoms with Gasteiger partial charge in [0.1, 0.15) is 4.60 Å². The van der Waals surface area contributed by atoms with Crippen LogP contribution in [-0.2, 0) is 0 Å². The molecular weight excluding hydrogens is 248 g/mol. The average molecular weight is 257 g/mol. The Labute approximate surface area is 88.7 Å². The first kappa shape index (κ1) is 9.57. The third-order valence-corrected chi connectivity index (χ3v) is 2.46. The molecule has 0 aromatic carbocycles. The third kappa shape index (κ3) is 1.52. The van der Waals surface area contributed by atoms with Crippen molar-refractivity contribution in [3.8, 4) is 0 Å². The summed E-state index contributed by atoms with van der Waals surface area (Å²) in [6, 6.07) is 5.02. The van der Waals surface area contributed by atoms with E-state index in [1.54, 1.807) is 4.52 Å². The molecule has 0 fully saturated rings. The normalized spacial score (nSPS) is 13.4. The van der Waals surface area contributed by atoms with Crippen LogP contribution in [0.1, 0.15) is 11.9 Å². The lowest BCUT2D eigenvalue weighted by atomic mass is 10.3. The van der Waals surface area contributed by atoms with Gasteiger partial charge in [0.15, 0.2) is 11.5 Å². The van der Waals surface area contributed by atoms with Gasteiger partial charge in [0.25, 0.3) is 0 Å². The number of hydrogen-bond acceptors (Lipinski definition) is 4. The van der Waals surface area contributed by atoms with Crippen LogP contribution in [0.5, 0.6) is 0 Å². The standard InChI is InChI=1S/C8H9BrN4O/c9-6-2-1-3-7-11-8(5(10)4-14)12-13(6)7/h1-3,5,14H,4,10H2. The summed E-state index contributed by atoms with van der Waals surface area (Å²) in [5, 5.41) is 13.0. The van der Waals surface area contributed by atoms with Gasteiger partial charge in [-0.05, 0) is 28.1 Å². The number of aliphatic hydroxyl groups is 1. The minimum absolute atomic E-state index is 0.158. The summed E-state index contributed by atoms with van der Waals surface area (Å²) < 4.78 is 2.43. The van der Waals surface area contributed by atoms with Crippen LogP contribution in [0.15, 0.2) is 22.8 Å². The Kier molecular flexibility index (Phi) is 2.49. The molecule has 0 aliphatic rings. The van der Waals surface area contributed by atoms with Gasteiger partial charge in [-0.2, -0.15) is 0 Å². The zero-order valence-corrected chi connectivity index (χ0v) is 8.85. The Bertz CT molecular complexity index is 456. The lowest BCUT2D eigenvalue weighted by Crippen LogP contribution is -2.16. The molecule has 6 heteroatoms. The quantitative estimate of drug-likeness (QED) is 0.767. The number of aliphatic hydroxyl groups excluding tert-OH is 1. The highest BCUT2D eigenvalue weighted by Gasteiger charge is 2.11. The molecule has 1 atom stereocenters. The topological polar surface area (TPSA) is 76.4 Å². The number of aromatic nitrogens is 3. The van der Waals surface area contributed by atoms with Crippen LogP contribution in [-0.4, -0.2) is 26.3 Å². The van der Waals surface area contributed by atoms with Crippen LogP contribution in [0.25, 0.3) is 5.65 Å². The number of halogens is 1. The average Bonchev–Trinajstić information content (AvgIpc) is 2.62. The second-order valence-electron chi connectivity index (χ2n) is 2.88. The van der Waals surface area contributed by atoms with E-state index in [1.807, 2.05) is 18.2 Å². The lowest BCUT2D eigenvalue weighted by Gasteiger charge is -1.99. The molecule has 5 nitrogen and oxygen atoms in total. The van der Waals surface area contributed by atoms with Crippen LogP contribution >= 0.6 is 15.9 Å². The third-order valence-electron chi connectivity index (χ3n) is 1.86. The molecule has 0 saturated carbocycles. The molecule has 0 spiro atoms. The van der Waals surface area contributed by atoms with E-state index in [0.29, 0.717) is 11.5 Å². The van der Waals surface area contributed by atoms with Gasteiger partial charge in [0.2, 0.25) is 0 Å². The summed E-state index contributed by atoms with van der Waals surface area (Å²) in [6.07, 6.45) is 0. The molecule has 3 N–H and O–H groups in total. The second-order valence-corrected chi connectivity index (χ2v) is 3.69. The van der Waals surface area contributed by atoms with Crippen molar-refractivity contribution in [2.45, 2.75) is 6.04 Å². The van der Waals surface area contributed by atoms with Crippen molar-refractivity contribution in [2.24, 2.45) is 5.73 Å². The minimum Gasteiger partial charge on any atom is -0.394 e. The minimum atomic E-state index is -0.526. The van der Waals surface area contributed by atoms with Gasteiger partial charge in [-0.15, -0.1) is 5.10 Å². The molecule has 0 amide bonds. The number of rotatable bonds is 2. The summed E-state index contributed by atoms with van der Waals surface area (Å²) in [5.41, 5.74) is 6.31. The van der Waals surface area contributed by atoms with Crippen LogP contribution in [0.4, 0.5) is 0 Å². The van der Waals surface area contributed by atoms with Crippen LogP contribution < -0.4 is 5.73 Å². The van der Waals surface area contributed by atoms with Crippen molar-refractivity contribution in [1.82, 2.24) is 14.6 Å². The zero-order valence-electron chi connectivity index (χ0n) is 7.26. The maximum absolute atomic E-state index is 8.86. The Morgan fingerprint density at radius 3 is 3.00 bits per heavy atom. The maximum Gasteiger partial charge on any atom is 0.170 e. The van der Waals surface area contributed by atoms with Gasteiger partial charge >= 0.3 is 0 Å². The monoisotopic (exact) mass is 256 g/mol. The van der Waals surface area contributed by atoms with Crippen molar-refractivity contribution in [3.05, 3.63) is 28.6 Å². The number of fused-ring (bicyclic) bond motifs is 1. The first-order valence-electron chi connectivity index (χ1n) is 4.10. The van der Waals surface area contributed by atoms with Gasteiger partial charge in [0.05, 0.1) is 12.6 Å². The summed E-state index contributed by atoms with van der Waals surface area (Å²) >= 11 is 3.34. The summed E-state index contributed by atoms with van der Waals surface area (Å²) in [6.45, 7) is -0.158. The summed E-state index contributed by atoms with van der Waals surface area (Å²) in [5.74, 6) is 0.444. The van der Waals surface area contributed by atoms with Crippen molar-refractivity contribution < 1.29 is 5.11 Å². The molecule has 1 unspecified atom stereocenters. The molecular formula is C8H9BrN4O. The van der Waals surface area contributed by atoms with Crippen LogP contribution in [0.3, 0.4) is 0 Å². The van der Waals surface area contributed by atoms with E-state index in [-0.39, 0.29) is 6.61 Å². The van der Waals surface area contributed by atoms with E-state index >= 15 is 0 Å². The number of nitrogens with zero attached hydrogens (tertiary/aromatic N) is 3. The molecule has 2 aromatic heterocycles. The molecule has 74 valence electrons. The fourth-order valence-electron chi connectivity index (χ4n) is 1.13. The zero-order chi connectivity index (χ0) is 10.1. The fourth-order valence-corrected chi connectivity index (χ4v) is 1.54. The summed E-state index contributed by atoms with van der Waals surface area (Å²) in [7, 11) is 0.